The minimum Gasteiger partial charge on any atom is -0.372 e. The molecule has 0 bridgehead atoms. The van der Waals surface area contributed by atoms with Crippen LogP contribution >= 0.6 is 15.9 Å². The molecule has 102 valence electrons. The Morgan fingerprint density at radius 1 is 1.32 bits per heavy atom. The summed E-state index contributed by atoms with van der Waals surface area (Å²) in [6, 6.07) is 7.84. The lowest BCUT2D eigenvalue weighted by Gasteiger charge is -2.34. The zero-order valence-electron chi connectivity index (χ0n) is 11.2. The Hall–Kier alpha value is -1.13. The van der Waals surface area contributed by atoms with Gasteiger partial charge in [-0.2, -0.15) is 0 Å². The molecular formula is C15H18BrNO2. The van der Waals surface area contributed by atoms with Crippen LogP contribution in [0.25, 0.3) is 6.08 Å². The minimum atomic E-state index is 0.0396. The zero-order valence-corrected chi connectivity index (χ0v) is 12.8. The summed E-state index contributed by atoms with van der Waals surface area (Å²) in [6.07, 6.45) is 3.68. The van der Waals surface area contributed by atoms with E-state index in [0.717, 1.165) is 10.0 Å². The van der Waals surface area contributed by atoms with Crippen LogP contribution in [0, 0.1) is 0 Å². The fourth-order valence-corrected chi connectivity index (χ4v) is 2.65. The maximum absolute atomic E-state index is 12.1. The number of nitrogens with zero attached hydrogens (tertiary/aromatic N) is 1. The van der Waals surface area contributed by atoms with Gasteiger partial charge in [0, 0.05) is 23.6 Å². The van der Waals surface area contributed by atoms with E-state index in [9.17, 15) is 4.79 Å². The standard InChI is InChI=1S/C15H18BrNO2/c1-11-9-17(10-12(2)19-11)15(18)8-7-13-5-3-4-6-14(13)16/h3-8,11-12H,9-10H2,1-2H3/b8-7+. The Balaban J connectivity index is 2.03. The molecule has 0 radical (unpaired) electrons. The molecule has 2 unspecified atom stereocenters. The normalized spacial score (nSPS) is 23.8. The highest BCUT2D eigenvalue weighted by Crippen LogP contribution is 2.18. The smallest absolute Gasteiger partial charge is 0.246 e. The number of halogens is 1. The molecule has 0 aromatic heterocycles. The fourth-order valence-electron chi connectivity index (χ4n) is 2.23. The highest BCUT2D eigenvalue weighted by Gasteiger charge is 2.24. The predicted molar refractivity (Wildman–Crippen MR) is 79.8 cm³/mol. The van der Waals surface area contributed by atoms with E-state index in [1.54, 1.807) is 6.08 Å². The van der Waals surface area contributed by atoms with Crippen LogP contribution in [0.1, 0.15) is 19.4 Å². The zero-order chi connectivity index (χ0) is 13.8. The topological polar surface area (TPSA) is 29.5 Å². The second-order valence-electron chi connectivity index (χ2n) is 4.86. The largest absolute Gasteiger partial charge is 0.372 e. The third kappa shape index (κ3) is 3.91. The molecule has 1 aliphatic rings. The first kappa shape index (κ1) is 14.3. The van der Waals surface area contributed by atoms with Crippen molar-refractivity contribution in [2.75, 3.05) is 13.1 Å². The van der Waals surface area contributed by atoms with Gasteiger partial charge in [-0.05, 0) is 31.6 Å². The Bertz CT molecular complexity index is 477. The average Bonchev–Trinajstić information content (AvgIpc) is 2.36. The molecule has 1 amide bonds. The van der Waals surface area contributed by atoms with Crippen molar-refractivity contribution < 1.29 is 9.53 Å². The first-order valence-electron chi connectivity index (χ1n) is 6.43. The second-order valence-corrected chi connectivity index (χ2v) is 5.71. The number of carbonyl (C=O) groups is 1. The molecular weight excluding hydrogens is 306 g/mol. The van der Waals surface area contributed by atoms with Gasteiger partial charge in [-0.15, -0.1) is 0 Å². The van der Waals surface area contributed by atoms with E-state index in [1.165, 1.54) is 0 Å². The molecule has 2 atom stereocenters. The molecule has 1 saturated heterocycles. The van der Waals surface area contributed by atoms with E-state index < -0.39 is 0 Å². The summed E-state index contributed by atoms with van der Waals surface area (Å²) in [5.74, 6) is 0.0396. The van der Waals surface area contributed by atoms with Crippen molar-refractivity contribution >= 4 is 27.9 Å². The lowest BCUT2D eigenvalue weighted by Crippen LogP contribution is -2.47. The van der Waals surface area contributed by atoms with Gasteiger partial charge < -0.3 is 9.64 Å². The van der Waals surface area contributed by atoms with Crippen molar-refractivity contribution in [3.8, 4) is 0 Å². The van der Waals surface area contributed by atoms with Crippen LogP contribution in [0.2, 0.25) is 0 Å². The number of rotatable bonds is 2. The molecule has 0 saturated carbocycles. The van der Waals surface area contributed by atoms with Gasteiger partial charge in [0.1, 0.15) is 0 Å². The predicted octanol–water partition coefficient (Wildman–Crippen LogP) is 3.10. The lowest BCUT2D eigenvalue weighted by molar-refractivity contribution is -0.137. The molecule has 4 heteroatoms. The molecule has 1 aromatic rings. The van der Waals surface area contributed by atoms with Crippen molar-refractivity contribution in [2.24, 2.45) is 0 Å². The maximum atomic E-state index is 12.1. The summed E-state index contributed by atoms with van der Waals surface area (Å²) in [7, 11) is 0. The average molecular weight is 324 g/mol. The monoisotopic (exact) mass is 323 g/mol. The molecule has 1 fully saturated rings. The maximum Gasteiger partial charge on any atom is 0.246 e. The lowest BCUT2D eigenvalue weighted by atomic mass is 10.2. The Kier molecular flexibility index (Phi) is 4.77. The third-order valence-corrected chi connectivity index (χ3v) is 3.76. The second kappa shape index (κ2) is 6.35. The van der Waals surface area contributed by atoms with Gasteiger partial charge in [0.25, 0.3) is 0 Å². The van der Waals surface area contributed by atoms with Crippen molar-refractivity contribution in [1.82, 2.24) is 4.90 Å². The van der Waals surface area contributed by atoms with Crippen molar-refractivity contribution in [3.05, 3.63) is 40.4 Å². The van der Waals surface area contributed by atoms with Crippen LogP contribution in [-0.4, -0.2) is 36.1 Å². The van der Waals surface area contributed by atoms with Gasteiger partial charge in [-0.1, -0.05) is 34.1 Å². The van der Waals surface area contributed by atoms with Crippen LogP contribution in [0.3, 0.4) is 0 Å². The molecule has 2 rings (SSSR count). The first-order chi connectivity index (χ1) is 9.06. The SMILES string of the molecule is CC1CN(C(=O)/C=C/c2ccccc2Br)CC(C)O1. The number of morpholine rings is 1. The molecule has 0 aliphatic carbocycles. The van der Waals surface area contributed by atoms with E-state index in [2.05, 4.69) is 15.9 Å². The van der Waals surface area contributed by atoms with Gasteiger partial charge in [0.05, 0.1) is 12.2 Å². The summed E-state index contributed by atoms with van der Waals surface area (Å²) in [4.78, 5) is 14.0. The van der Waals surface area contributed by atoms with Crippen molar-refractivity contribution in [3.63, 3.8) is 0 Å². The summed E-state index contributed by atoms with van der Waals surface area (Å²) < 4.78 is 6.61. The summed E-state index contributed by atoms with van der Waals surface area (Å²) in [6.45, 7) is 5.30. The number of hydrogen-bond donors (Lipinski definition) is 0. The highest BCUT2D eigenvalue weighted by atomic mass is 79.9. The van der Waals surface area contributed by atoms with Gasteiger partial charge in [-0.3, -0.25) is 4.79 Å². The Labute approximate surface area is 122 Å². The van der Waals surface area contributed by atoms with Crippen LogP contribution in [0.15, 0.2) is 34.8 Å². The third-order valence-electron chi connectivity index (χ3n) is 3.04. The molecule has 1 aromatic carbocycles. The van der Waals surface area contributed by atoms with Gasteiger partial charge >= 0.3 is 0 Å². The van der Waals surface area contributed by atoms with Gasteiger partial charge in [0.2, 0.25) is 5.91 Å². The van der Waals surface area contributed by atoms with Crippen molar-refractivity contribution in [1.29, 1.82) is 0 Å². The molecule has 0 N–H and O–H groups in total. The summed E-state index contributed by atoms with van der Waals surface area (Å²) >= 11 is 3.47. The molecule has 1 heterocycles. The van der Waals surface area contributed by atoms with Crippen LogP contribution < -0.4 is 0 Å². The molecule has 1 aliphatic heterocycles. The van der Waals surface area contributed by atoms with Crippen molar-refractivity contribution in [2.45, 2.75) is 26.1 Å². The van der Waals surface area contributed by atoms with E-state index in [1.807, 2.05) is 49.1 Å². The van der Waals surface area contributed by atoms with E-state index in [4.69, 9.17) is 4.74 Å². The van der Waals surface area contributed by atoms with Crippen LogP contribution in [0.4, 0.5) is 0 Å². The first-order valence-corrected chi connectivity index (χ1v) is 7.22. The number of hydrogen-bond acceptors (Lipinski definition) is 2. The Morgan fingerprint density at radius 3 is 2.58 bits per heavy atom. The molecule has 19 heavy (non-hydrogen) atoms. The number of benzene rings is 1. The number of amides is 1. The number of ether oxygens (including phenoxy) is 1. The quantitative estimate of drug-likeness (QED) is 0.783. The van der Waals surface area contributed by atoms with Gasteiger partial charge in [0.15, 0.2) is 0 Å². The van der Waals surface area contributed by atoms with Crippen LogP contribution in [-0.2, 0) is 9.53 Å². The number of carbonyl (C=O) groups excluding carboxylic acids is 1. The van der Waals surface area contributed by atoms with E-state index in [0.29, 0.717) is 13.1 Å². The van der Waals surface area contributed by atoms with E-state index >= 15 is 0 Å². The summed E-state index contributed by atoms with van der Waals surface area (Å²) in [5.41, 5.74) is 1.00. The van der Waals surface area contributed by atoms with E-state index in [-0.39, 0.29) is 18.1 Å². The highest BCUT2D eigenvalue weighted by molar-refractivity contribution is 9.10. The minimum absolute atomic E-state index is 0.0396. The molecule has 0 spiro atoms. The fraction of sp³-hybridized carbons (Fsp3) is 0.400. The van der Waals surface area contributed by atoms with Crippen LogP contribution in [0.5, 0.6) is 0 Å². The Morgan fingerprint density at radius 2 is 1.95 bits per heavy atom. The molecule has 3 nitrogen and oxygen atoms in total. The van der Waals surface area contributed by atoms with Gasteiger partial charge in [-0.25, -0.2) is 0 Å². The summed E-state index contributed by atoms with van der Waals surface area (Å²) in [5, 5.41) is 0.